The molecule has 1 aliphatic rings. The van der Waals surface area contributed by atoms with Gasteiger partial charge in [-0.2, -0.15) is 0 Å². The molecule has 2 aromatic rings. The molecule has 0 radical (unpaired) electrons. The quantitative estimate of drug-likeness (QED) is 0.659. The molecule has 1 aliphatic carbocycles. The van der Waals surface area contributed by atoms with Gasteiger partial charge in [0, 0.05) is 23.9 Å². The molecule has 2 aromatic carbocycles. The van der Waals surface area contributed by atoms with Gasteiger partial charge in [0.2, 0.25) is 0 Å². The first-order valence-electron chi connectivity index (χ1n) is 7.12. The number of Topliss-reactive ketones (excluding diaryl/α,β-unsaturated/α-hetero) is 1. The van der Waals surface area contributed by atoms with Gasteiger partial charge >= 0.3 is 0 Å². The Kier molecular flexibility index (Phi) is 3.76. The average molecular weight is 305 g/mol. The Morgan fingerprint density at radius 1 is 1.04 bits per heavy atom. The lowest BCUT2D eigenvalue weighted by atomic mass is 9.88. The number of nitrogens with two attached hydrogens (primary N) is 1. The molecule has 0 fully saturated rings. The molecule has 0 aliphatic heterocycles. The second-order valence-electron chi connectivity index (χ2n) is 5.10. The lowest BCUT2D eigenvalue weighted by Gasteiger charge is -2.16. The van der Waals surface area contributed by atoms with Crippen LogP contribution in [0.4, 0.5) is 11.4 Å². The average Bonchev–Trinajstić information content (AvgIpc) is 2.58. The number of likely N-dealkylation sites (N-methyl/N-ethyl adjacent to an activating group) is 1. The maximum atomic E-state index is 12.5. The Labute approximate surface area is 133 Å². The van der Waals surface area contributed by atoms with Crippen LogP contribution in [0.15, 0.2) is 65.2 Å². The third-order valence-corrected chi connectivity index (χ3v) is 3.59. The number of nitrogens with one attached hydrogen (secondary N) is 1. The molecule has 1 amide bonds. The minimum absolute atomic E-state index is 0.0837. The van der Waals surface area contributed by atoms with Crippen LogP contribution in [-0.2, 0) is 4.79 Å². The van der Waals surface area contributed by atoms with E-state index in [0.29, 0.717) is 28.2 Å². The van der Waals surface area contributed by atoms with Crippen LogP contribution >= 0.6 is 0 Å². The van der Waals surface area contributed by atoms with Gasteiger partial charge in [0.15, 0.2) is 5.78 Å². The Morgan fingerprint density at radius 3 is 2.35 bits per heavy atom. The van der Waals surface area contributed by atoms with Crippen molar-refractivity contribution in [3.8, 4) is 0 Å². The number of allylic oxidation sites excluding steroid dienone is 1. The Morgan fingerprint density at radius 2 is 1.70 bits per heavy atom. The maximum absolute atomic E-state index is 12.5. The molecule has 0 saturated heterocycles. The smallest absolute Gasteiger partial charge is 0.255 e. The summed E-state index contributed by atoms with van der Waals surface area (Å²) >= 11 is 0. The molecule has 0 spiro atoms. The summed E-state index contributed by atoms with van der Waals surface area (Å²) in [4.78, 5) is 29.0. The van der Waals surface area contributed by atoms with Crippen molar-refractivity contribution in [3.63, 3.8) is 0 Å². The van der Waals surface area contributed by atoms with Crippen LogP contribution in [0, 0.1) is 0 Å². The lowest BCUT2D eigenvalue weighted by molar-refractivity contribution is -0.116. The van der Waals surface area contributed by atoms with E-state index in [2.05, 4.69) is 10.3 Å². The van der Waals surface area contributed by atoms with Gasteiger partial charge in [-0.15, -0.1) is 0 Å². The highest BCUT2D eigenvalue weighted by atomic mass is 16.2. The maximum Gasteiger partial charge on any atom is 0.255 e. The molecular weight excluding hydrogens is 290 g/mol. The summed E-state index contributed by atoms with van der Waals surface area (Å²) < 4.78 is 0. The molecule has 3 N–H and O–H groups in total. The first kappa shape index (κ1) is 14.7. The molecule has 0 heterocycles. The number of amides is 1. The summed E-state index contributed by atoms with van der Waals surface area (Å²) in [7, 11) is 1.49. The van der Waals surface area contributed by atoms with Gasteiger partial charge in [-0.3, -0.25) is 9.59 Å². The van der Waals surface area contributed by atoms with Crippen molar-refractivity contribution in [1.82, 2.24) is 5.32 Å². The van der Waals surface area contributed by atoms with E-state index in [1.165, 1.54) is 13.1 Å². The molecule has 114 valence electrons. The monoisotopic (exact) mass is 305 g/mol. The summed E-state index contributed by atoms with van der Waals surface area (Å²) in [6.07, 6.45) is 1.53. The highest BCUT2D eigenvalue weighted by Gasteiger charge is 2.27. The molecular formula is C18H15N3O2. The highest BCUT2D eigenvalue weighted by molar-refractivity contribution is 6.35. The van der Waals surface area contributed by atoms with E-state index in [1.807, 2.05) is 12.1 Å². The van der Waals surface area contributed by atoms with Gasteiger partial charge in [0.25, 0.3) is 5.91 Å². The number of nitrogen functional groups attached to an aromatic ring is 1. The van der Waals surface area contributed by atoms with E-state index >= 15 is 0 Å². The number of ketones is 1. The van der Waals surface area contributed by atoms with Crippen LogP contribution in [-0.4, -0.2) is 24.4 Å². The lowest BCUT2D eigenvalue weighted by Crippen LogP contribution is -2.29. The second kappa shape index (κ2) is 5.88. The molecule has 5 nitrogen and oxygen atoms in total. The predicted molar refractivity (Wildman–Crippen MR) is 90.0 cm³/mol. The van der Waals surface area contributed by atoms with Crippen molar-refractivity contribution in [2.45, 2.75) is 0 Å². The molecule has 3 rings (SSSR count). The summed E-state index contributed by atoms with van der Waals surface area (Å²) in [5, 5.41) is 2.49. The van der Waals surface area contributed by atoms with Crippen molar-refractivity contribution >= 4 is 28.8 Å². The second-order valence-corrected chi connectivity index (χ2v) is 5.10. The first-order valence-corrected chi connectivity index (χ1v) is 7.12. The number of aliphatic imine (C=N–C) groups is 1. The summed E-state index contributed by atoms with van der Waals surface area (Å²) in [6.45, 7) is 0. The number of carbonyl (C=O) groups is 2. The number of rotatable bonds is 2. The number of anilines is 1. The fraction of sp³-hybridized carbons (Fsp3) is 0.0556. The van der Waals surface area contributed by atoms with Crippen molar-refractivity contribution in [3.05, 3.63) is 71.3 Å². The summed E-state index contributed by atoms with van der Waals surface area (Å²) in [6, 6.07) is 14.2. The first-order chi connectivity index (χ1) is 11.1. The van der Waals surface area contributed by atoms with E-state index in [9.17, 15) is 9.59 Å². The van der Waals surface area contributed by atoms with Crippen LogP contribution in [0.25, 0.3) is 0 Å². The largest absolute Gasteiger partial charge is 0.399 e. The van der Waals surface area contributed by atoms with Crippen LogP contribution in [0.3, 0.4) is 0 Å². The summed E-state index contributed by atoms with van der Waals surface area (Å²) in [5.41, 5.74) is 8.87. The van der Waals surface area contributed by atoms with Gasteiger partial charge in [-0.25, -0.2) is 4.99 Å². The van der Waals surface area contributed by atoms with E-state index in [0.717, 1.165) is 0 Å². The van der Waals surface area contributed by atoms with Crippen molar-refractivity contribution in [2.75, 3.05) is 12.8 Å². The van der Waals surface area contributed by atoms with Crippen LogP contribution < -0.4 is 11.1 Å². The van der Waals surface area contributed by atoms with Crippen molar-refractivity contribution < 1.29 is 9.59 Å². The summed E-state index contributed by atoms with van der Waals surface area (Å²) in [5.74, 6) is -0.717. The number of fused-ring (bicyclic) bond motifs is 1. The van der Waals surface area contributed by atoms with Gasteiger partial charge in [0.1, 0.15) is 0 Å². The number of hydrogen-bond acceptors (Lipinski definition) is 4. The molecule has 0 unspecified atom stereocenters. The van der Waals surface area contributed by atoms with Crippen molar-refractivity contribution in [2.24, 2.45) is 4.99 Å². The normalized spacial score (nSPS) is 15.1. The van der Waals surface area contributed by atoms with E-state index in [-0.39, 0.29) is 11.4 Å². The zero-order valence-corrected chi connectivity index (χ0v) is 12.5. The van der Waals surface area contributed by atoms with Crippen LogP contribution in [0.1, 0.15) is 15.9 Å². The highest BCUT2D eigenvalue weighted by Crippen LogP contribution is 2.24. The number of benzene rings is 2. The van der Waals surface area contributed by atoms with Gasteiger partial charge in [-0.1, -0.05) is 24.3 Å². The van der Waals surface area contributed by atoms with E-state index in [1.54, 1.807) is 36.4 Å². The van der Waals surface area contributed by atoms with Crippen LogP contribution in [0.2, 0.25) is 0 Å². The Balaban J connectivity index is 2.16. The fourth-order valence-corrected chi connectivity index (χ4v) is 2.41. The fourth-order valence-electron chi connectivity index (χ4n) is 2.41. The van der Waals surface area contributed by atoms with E-state index in [4.69, 9.17) is 5.73 Å². The standard InChI is InChI=1S/C18H15N3O2/c1-20-18(23)15-10-16(21-12-8-6-11(19)7-9-12)13-4-2-3-5-14(13)17(15)22/h2-10H,19H2,1H3,(H,20,23). The Hall–Kier alpha value is -3.21. The zero-order valence-electron chi connectivity index (χ0n) is 12.5. The van der Waals surface area contributed by atoms with Gasteiger partial charge in [-0.05, 0) is 30.3 Å². The molecule has 0 atom stereocenters. The minimum atomic E-state index is -0.422. The van der Waals surface area contributed by atoms with Crippen molar-refractivity contribution in [1.29, 1.82) is 0 Å². The molecule has 0 aromatic heterocycles. The molecule has 5 heteroatoms. The predicted octanol–water partition coefficient (Wildman–Crippen LogP) is 2.26. The van der Waals surface area contributed by atoms with Gasteiger partial charge < -0.3 is 11.1 Å². The number of hydrogen-bond donors (Lipinski definition) is 2. The number of carbonyl (C=O) groups excluding carboxylic acids is 2. The topological polar surface area (TPSA) is 84.6 Å². The van der Waals surface area contributed by atoms with E-state index < -0.39 is 5.91 Å². The van der Waals surface area contributed by atoms with Gasteiger partial charge in [0.05, 0.1) is 17.0 Å². The third-order valence-electron chi connectivity index (χ3n) is 3.59. The zero-order chi connectivity index (χ0) is 16.4. The third kappa shape index (κ3) is 2.76. The van der Waals surface area contributed by atoms with Crippen LogP contribution in [0.5, 0.6) is 0 Å². The molecule has 0 saturated carbocycles. The SMILES string of the molecule is CNC(=O)C1=CC(=Nc2ccc(N)cc2)c2ccccc2C1=O. The molecule has 23 heavy (non-hydrogen) atoms. The number of nitrogens with zero attached hydrogens (tertiary/aromatic N) is 1. The minimum Gasteiger partial charge on any atom is -0.399 e. The molecule has 0 bridgehead atoms. The Bertz CT molecular complexity index is 849.